The first-order valence-electron chi connectivity index (χ1n) is 12.3. The van der Waals surface area contributed by atoms with Crippen LogP contribution in [-0.4, -0.2) is 81.0 Å². The molecular weight excluding hydrogens is 551 g/mol. The van der Waals surface area contributed by atoms with E-state index in [4.69, 9.17) is 5.41 Å². The summed E-state index contributed by atoms with van der Waals surface area (Å²) >= 11 is 0. The first-order chi connectivity index (χ1) is 18.7. The molecule has 1 aliphatic heterocycles. The molecule has 1 saturated heterocycles. The molecule has 12 nitrogen and oxygen atoms in total. The third-order valence-electron chi connectivity index (χ3n) is 6.78. The molecule has 40 heavy (non-hydrogen) atoms. The number of piperazine rings is 1. The van der Waals surface area contributed by atoms with Gasteiger partial charge in [0, 0.05) is 69.3 Å². The smallest absolute Gasteiger partial charge is 0.338 e. The predicted octanol–water partition coefficient (Wildman–Crippen LogP) is 2.27. The molecule has 16 heteroatoms. The largest absolute Gasteiger partial charge is 0.390 e. The average molecular weight is 582 g/mol. The molecule has 216 valence electrons. The molecule has 1 unspecified atom stereocenters. The van der Waals surface area contributed by atoms with E-state index in [1.807, 2.05) is 0 Å². The first kappa shape index (κ1) is 29.4. The van der Waals surface area contributed by atoms with E-state index in [1.54, 1.807) is 36.9 Å². The van der Waals surface area contributed by atoms with Crippen LogP contribution in [0.4, 0.5) is 24.7 Å². The second-order valence-corrected chi connectivity index (χ2v) is 11.5. The van der Waals surface area contributed by atoms with Crippen molar-refractivity contribution >= 4 is 27.7 Å². The third kappa shape index (κ3) is 6.23. The number of alkyl halides is 3. The van der Waals surface area contributed by atoms with E-state index >= 15 is 0 Å². The number of aromatic nitrogens is 5. The third-order valence-corrected chi connectivity index (χ3v) is 8.50. The van der Waals surface area contributed by atoms with Gasteiger partial charge in [-0.25, -0.2) is 13.1 Å². The second kappa shape index (κ2) is 11.1. The van der Waals surface area contributed by atoms with Gasteiger partial charge < -0.3 is 10.7 Å². The van der Waals surface area contributed by atoms with Gasteiger partial charge in [-0.15, -0.1) is 5.10 Å². The van der Waals surface area contributed by atoms with Gasteiger partial charge in [0.1, 0.15) is 0 Å². The summed E-state index contributed by atoms with van der Waals surface area (Å²) in [5.74, 6) is 0.376. The van der Waals surface area contributed by atoms with Crippen molar-refractivity contribution in [2.45, 2.75) is 37.5 Å². The summed E-state index contributed by atoms with van der Waals surface area (Å²) in [5, 5.41) is 22.8. The highest BCUT2D eigenvalue weighted by Gasteiger charge is 2.38. The fourth-order valence-electron chi connectivity index (χ4n) is 4.71. The standard InChI is InChI=1S/C24H30F3N9O3S/c1-15-9-19(30-21-10-16(2)23(37)33(3)31-21)17(12-28)11-18(15)20-14-36(8-7-35(20)6-5-24(25,26)27)40(38,39)22-13-29-34(4)32-22/h9-13,20,28H,5-8,14H2,1-4H3,(H,30,31). The zero-order valence-corrected chi connectivity index (χ0v) is 23.2. The van der Waals surface area contributed by atoms with Gasteiger partial charge in [0.05, 0.1) is 12.6 Å². The summed E-state index contributed by atoms with van der Waals surface area (Å²) in [6.07, 6.45) is -3.20. The van der Waals surface area contributed by atoms with Gasteiger partial charge in [-0.1, -0.05) is 0 Å². The second-order valence-electron chi connectivity index (χ2n) is 9.66. The first-order valence-corrected chi connectivity index (χ1v) is 13.8. The van der Waals surface area contributed by atoms with Crippen LogP contribution in [0.5, 0.6) is 0 Å². The summed E-state index contributed by atoms with van der Waals surface area (Å²) in [7, 11) is -1.03. The van der Waals surface area contributed by atoms with Crippen LogP contribution >= 0.6 is 0 Å². The van der Waals surface area contributed by atoms with Crippen molar-refractivity contribution in [2.75, 3.05) is 31.5 Å². The summed E-state index contributed by atoms with van der Waals surface area (Å²) in [6, 6.07) is 4.27. The number of halogens is 3. The van der Waals surface area contributed by atoms with Crippen LogP contribution in [0.1, 0.15) is 34.7 Å². The minimum Gasteiger partial charge on any atom is -0.338 e. The van der Waals surface area contributed by atoms with Crippen LogP contribution < -0.4 is 10.9 Å². The molecule has 2 aromatic heterocycles. The topological polar surface area (TPSA) is 142 Å². The van der Waals surface area contributed by atoms with Crippen LogP contribution in [0.2, 0.25) is 0 Å². The Morgan fingerprint density at radius 3 is 2.45 bits per heavy atom. The molecule has 0 radical (unpaired) electrons. The van der Waals surface area contributed by atoms with Gasteiger partial charge in [-0.05, 0) is 43.2 Å². The van der Waals surface area contributed by atoms with E-state index in [9.17, 15) is 26.4 Å². The number of benzene rings is 1. The Kier molecular flexibility index (Phi) is 8.14. The van der Waals surface area contributed by atoms with Crippen molar-refractivity contribution < 1.29 is 21.6 Å². The number of sulfonamides is 1. The van der Waals surface area contributed by atoms with Gasteiger partial charge in [-0.2, -0.15) is 32.5 Å². The summed E-state index contributed by atoms with van der Waals surface area (Å²) < 4.78 is 68.4. The van der Waals surface area contributed by atoms with Gasteiger partial charge >= 0.3 is 6.18 Å². The molecule has 1 aromatic carbocycles. The molecule has 0 amide bonds. The maximum atomic E-state index is 13.3. The number of aryl methyl sites for hydroxylation is 4. The Balaban J connectivity index is 1.71. The van der Waals surface area contributed by atoms with Crippen LogP contribution in [0, 0.1) is 19.3 Å². The molecule has 3 heterocycles. The van der Waals surface area contributed by atoms with Crippen molar-refractivity contribution in [3.8, 4) is 0 Å². The zero-order valence-electron chi connectivity index (χ0n) is 22.4. The number of anilines is 2. The fourth-order valence-corrected chi connectivity index (χ4v) is 6.04. The van der Waals surface area contributed by atoms with Gasteiger partial charge in [0.25, 0.3) is 15.6 Å². The zero-order chi connectivity index (χ0) is 29.4. The van der Waals surface area contributed by atoms with E-state index in [0.29, 0.717) is 33.8 Å². The van der Waals surface area contributed by atoms with Crippen molar-refractivity contribution in [1.82, 2.24) is 34.0 Å². The van der Waals surface area contributed by atoms with E-state index in [-0.39, 0.29) is 36.8 Å². The molecule has 1 fully saturated rings. The summed E-state index contributed by atoms with van der Waals surface area (Å²) in [5.41, 5.74) is 2.41. The summed E-state index contributed by atoms with van der Waals surface area (Å²) in [4.78, 5) is 14.8. The SMILES string of the molecule is Cc1cc(Nc2cc(C)c(=O)n(C)n2)c(C=N)cc1C1CN(S(=O)(=O)c2cnn(C)n2)CCN1CCC(F)(F)F. The van der Waals surface area contributed by atoms with Crippen LogP contribution in [0.15, 0.2) is 34.2 Å². The average Bonchev–Trinajstić information content (AvgIpc) is 3.33. The summed E-state index contributed by atoms with van der Waals surface area (Å²) in [6.45, 7) is 3.06. The quantitative estimate of drug-likeness (QED) is 0.386. The van der Waals surface area contributed by atoms with Crippen LogP contribution in [0.25, 0.3) is 0 Å². The van der Waals surface area contributed by atoms with Crippen molar-refractivity contribution in [2.24, 2.45) is 14.1 Å². The van der Waals surface area contributed by atoms with E-state index in [0.717, 1.165) is 17.2 Å². The molecule has 4 rings (SSSR count). The molecule has 1 aliphatic rings. The minimum absolute atomic E-state index is 0.0128. The molecule has 0 aliphatic carbocycles. The van der Waals surface area contributed by atoms with E-state index in [2.05, 4.69) is 20.6 Å². The Bertz CT molecular complexity index is 1560. The minimum atomic E-state index is -4.38. The maximum Gasteiger partial charge on any atom is 0.390 e. The lowest BCUT2D eigenvalue weighted by Crippen LogP contribution is -2.51. The maximum absolute atomic E-state index is 13.3. The van der Waals surface area contributed by atoms with E-state index < -0.39 is 28.7 Å². The highest BCUT2D eigenvalue weighted by atomic mass is 32.2. The highest BCUT2D eigenvalue weighted by molar-refractivity contribution is 7.89. The Hall–Kier alpha value is -3.63. The predicted molar refractivity (Wildman–Crippen MR) is 141 cm³/mol. The highest BCUT2D eigenvalue weighted by Crippen LogP contribution is 2.34. The molecular formula is C24H30F3N9O3S. The molecule has 0 spiro atoms. The van der Waals surface area contributed by atoms with Crippen LogP contribution in [-0.2, 0) is 24.1 Å². The number of nitrogens with zero attached hydrogens (tertiary/aromatic N) is 7. The Morgan fingerprint density at radius 2 is 1.85 bits per heavy atom. The lowest BCUT2D eigenvalue weighted by atomic mass is 9.94. The van der Waals surface area contributed by atoms with Crippen molar-refractivity contribution in [3.05, 3.63) is 57.0 Å². The lowest BCUT2D eigenvalue weighted by Gasteiger charge is -2.41. The lowest BCUT2D eigenvalue weighted by molar-refractivity contribution is -0.140. The Labute approximate surface area is 229 Å². The van der Waals surface area contributed by atoms with Crippen LogP contribution in [0.3, 0.4) is 0 Å². The van der Waals surface area contributed by atoms with Crippen molar-refractivity contribution in [1.29, 1.82) is 5.41 Å². The number of hydrogen-bond acceptors (Lipinski definition) is 9. The molecule has 0 bridgehead atoms. The fraction of sp³-hybridized carbons (Fsp3) is 0.458. The van der Waals surface area contributed by atoms with Gasteiger partial charge in [0.15, 0.2) is 5.82 Å². The number of nitrogens with one attached hydrogen (secondary N) is 2. The molecule has 3 aromatic rings. The van der Waals surface area contributed by atoms with Crippen molar-refractivity contribution in [3.63, 3.8) is 0 Å². The van der Waals surface area contributed by atoms with Gasteiger partial charge in [0.2, 0.25) is 5.03 Å². The monoisotopic (exact) mass is 581 g/mol. The molecule has 2 N–H and O–H groups in total. The number of hydrogen-bond donors (Lipinski definition) is 2. The molecule has 0 saturated carbocycles. The Morgan fingerprint density at radius 1 is 1.12 bits per heavy atom. The normalized spacial score (nSPS) is 17.2. The molecule has 1 atom stereocenters. The van der Waals surface area contributed by atoms with E-state index in [1.165, 1.54) is 23.1 Å². The van der Waals surface area contributed by atoms with Gasteiger partial charge in [-0.3, -0.25) is 9.69 Å². The number of rotatable bonds is 8.